The van der Waals surface area contributed by atoms with Crippen molar-refractivity contribution in [1.82, 2.24) is 10.6 Å². The Bertz CT molecular complexity index is 562. The number of aliphatic imine (C=N–C) groups is 1. The summed E-state index contributed by atoms with van der Waals surface area (Å²) in [7, 11) is 3.58. The van der Waals surface area contributed by atoms with Crippen LogP contribution in [0.3, 0.4) is 0 Å². The molecule has 2 N–H and O–H groups in total. The quantitative estimate of drug-likeness (QED) is 0.325. The maximum Gasteiger partial charge on any atom is 0.191 e. The molecule has 1 unspecified atom stereocenters. The Morgan fingerprint density at radius 3 is 2.65 bits per heavy atom. The lowest BCUT2D eigenvalue weighted by Crippen LogP contribution is -2.48. The summed E-state index contributed by atoms with van der Waals surface area (Å²) in [5.41, 5.74) is 1.58. The highest BCUT2D eigenvalue weighted by Gasteiger charge is 2.36. The molecule has 1 atom stereocenters. The molecule has 5 nitrogen and oxygen atoms in total. The van der Waals surface area contributed by atoms with Gasteiger partial charge in [0.25, 0.3) is 0 Å². The van der Waals surface area contributed by atoms with Crippen LogP contribution >= 0.6 is 24.0 Å². The first-order valence-corrected chi connectivity index (χ1v) is 9.24. The van der Waals surface area contributed by atoms with Gasteiger partial charge in [0.15, 0.2) is 5.96 Å². The molecule has 0 spiro atoms. The minimum Gasteiger partial charge on any atom is -0.489 e. The van der Waals surface area contributed by atoms with E-state index in [0.717, 1.165) is 31.3 Å². The normalized spacial score (nSPS) is 16.8. The molecule has 1 saturated carbocycles. The molecule has 6 heteroatoms. The molecule has 1 aromatic rings. The van der Waals surface area contributed by atoms with E-state index >= 15 is 0 Å². The average Bonchev–Trinajstić information content (AvgIpc) is 2.56. The van der Waals surface area contributed by atoms with Gasteiger partial charge in [0, 0.05) is 27.3 Å². The summed E-state index contributed by atoms with van der Waals surface area (Å²) < 4.78 is 11.2. The first kappa shape index (κ1) is 23.0. The number of aryl methyl sites for hydroxylation is 1. The van der Waals surface area contributed by atoms with Gasteiger partial charge in [-0.25, -0.2) is 0 Å². The summed E-state index contributed by atoms with van der Waals surface area (Å²) in [5, 5.41) is 6.84. The minimum absolute atomic E-state index is 0. The monoisotopic (exact) mass is 475 g/mol. The number of ether oxygens (including phenoxy) is 2. The van der Waals surface area contributed by atoms with Gasteiger partial charge in [-0.1, -0.05) is 18.6 Å². The third-order valence-corrected chi connectivity index (χ3v) is 4.99. The maximum atomic E-state index is 5.96. The van der Waals surface area contributed by atoms with E-state index < -0.39 is 0 Å². The second kappa shape index (κ2) is 11.6. The number of rotatable bonds is 9. The van der Waals surface area contributed by atoms with Gasteiger partial charge >= 0.3 is 0 Å². The smallest absolute Gasteiger partial charge is 0.191 e. The summed E-state index contributed by atoms with van der Waals surface area (Å²) in [6, 6.07) is 8.14. The lowest BCUT2D eigenvalue weighted by molar-refractivity contribution is 0.0732. The third kappa shape index (κ3) is 7.31. The zero-order valence-electron chi connectivity index (χ0n) is 16.5. The molecule has 0 heterocycles. The van der Waals surface area contributed by atoms with Crippen LogP contribution in [0.25, 0.3) is 0 Å². The number of benzene rings is 1. The van der Waals surface area contributed by atoms with Crippen LogP contribution < -0.4 is 15.4 Å². The minimum atomic E-state index is 0. The summed E-state index contributed by atoms with van der Waals surface area (Å²) in [6.07, 6.45) is 5.03. The van der Waals surface area contributed by atoms with Crippen LogP contribution in [0.1, 0.15) is 38.2 Å². The van der Waals surface area contributed by atoms with Gasteiger partial charge in [-0.3, -0.25) is 4.99 Å². The number of guanidine groups is 1. The predicted molar refractivity (Wildman–Crippen MR) is 119 cm³/mol. The molecular weight excluding hydrogens is 441 g/mol. The molecule has 2 rings (SSSR count). The largest absolute Gasteiger partial charge is 0.489 e. The first-order valence-electron chi connectivity index (χ1n) is 9.24. The number of halogens is 1. The van der Waals surface area contributed by atoms with Crippen molar-refractivity contribution in [3.8, 4) is 5.75 Å². The Labute approximate surface area is 175 Å². The molecule has 1 fully saturated rings. The van der Waals surface area contributed by atoms with Crippen LogP contribution in [0.4, 0.5) is 0 Å². The Kier molecular flexibility index (Phi) is 10.3. The lowest BCUT2D eigenvalue weighted by atomic mass is 9.67. The molecule has 0 bridgehead atoms. The second-order valence-electron chi connectivity index (χ2n) is 7.15. The maximum absolute atomic E-state index is 5.96. The van der Waals surface area contributed by atoms with Crippen LogP contribution in [0.15, 0.2) is 29.3 Å². The fraction of sp³-hybridized carbons (Fsp3) is 0.650. The number of hydrogen-bond donors (Lipinski definition) is 2. The number of nitrogens with one attached hydrogen (secondary N) is 2. The standard InChI is InChI=1S/C20H33N3O2.HI/c1-16-7-5-8-18(13-16)25-17(2)14-22-19(21-3)23-15-20(9-6-10-20)11-12-24-4;/h5,7-8,13,17H,6,9-12,14-15H2,1-4H3,(H2,21,22,23);1H. The summed E-state index contributed by atoms with van der Waals surface area (Å²) >= 11 is 0. The number of hydrogen-bond acceptors (Lipinski definition) is 3. The van der Waals surface area contributed by atoms with Crippen LogP contribution in [-0.4, -0.2) is 45.9 Å². The molecule has 0 saturated heterocycles. The Balaban J connectivity index is 0.00000338. The fourth-order valence-corrected chi connectivity index (χ4v) is 3.21. The SMILES string of the molecule is CN=C(NCC(C)Oc1cccc(C)c1)NCC1(CCOC)CCC1.I. The van der Waals surface area contributed by atoms with Crippen molar-refractivity contribution < 1.29 is 9.47 Å². The van der Waals surface area contributed by atoms with E-state index in [9.17, 15) is 0 Å². The Morgan fingerprint density at radius 2 is 2.08 bits per heavy atom. The van der Waals surface area contributed by atoms with Crippen LogP contribution in [-0.2, 0) is 4.74 Å². The van der Waals surface area contributed by atoms with Gasteiger partial charge in [0.05, 0.1) is 6.54 Å². The van der Waals surface area contributed by atoms with Crippen LogP contribution in [0.2, 0.25) is 0 Å². The van der Waals surface area contributed by atoms with Gasteiger partial charge in [-0.15, -0.1) is 24.0 Å². The van der Waals surface area contributed by atoms with Crippen molar-refractivity contribution in [3.63, 3.8) is 0 Å². The Hall–Kier alpha value is -1.02. The zero-order chi connectivity index (χ0) is 18.1. The molecule has 1 aliphatic carbocycles. The molecule has 0 amide bonds. The lowest BCUT2D eigenvalue weighted by Gasteiger charge is -2.42. The van der Waals surface area contributed by atoms with Crippen molar-refractivity contribution in [1.29, 1.82) is 0 Å². The highest BCUT2D eigenvalue weighted by atomic mass is 127. The summed E-state index contributed by atoms with van der Waals surface area (Å²) in [4.78, 5) is 4.33. The fourth-order valence-electron chi connectivity index (χ4n) is 3.21. The molecule has 1 aliphatic rings. The molecule has 26 heavy (non-hydrogen) atoms. The second-order valence-corrected chi connectivity index (χ2v) is 7.15. The van der Waals surface area contributed by atoms with Crippen molar-refractivity contribution in [2.45, 2.75) is 45.6 Å². The summed E-state index contributed by atoms with van der Waals surface area (Å²) in [5.74, 6) is 1.74. The van der Waals surface area contributed by atoms with E-state index in [4.69, 9.17) is 9.47 Å². The van der Waals surface area contributed by atoms with E-state index in [2.05, 4.69) is 41.6 Å². The van der Waals surface area contributed by atoms with Gasteiger partial charge in [-0.2, -0.15) is 0 Å². The third-order valence-electron chi connectivity index (χ3n) is 4.99. The van der Waals surface area contributed by atoms with E-state index in [-0.39, 0.29) is 30.1 Å². The van der Waals surface area contributed by atoms with E-state index in [1.807, 2.05) is 19.2 Å². The van der Waals surface area contributed by atoms with E-state index in [0.29, 0.717) is 12.0 Å². The predicted octanol–water partition coefficient (Wildman–Crippen LogP) is 3.75. The Morgan fingerprint density at radius 1 is 1.31 bits per heavy atom. The van der Waals surface area contributed by atoms with Gasteiger partial charge < -0.3 is 20.1 Å². The van der Waals surface area contributed by atoms with Crippen LogP contribution in [0, 0.1) is 12.3 Å². The van der Waals surface area contributed by atoms with Crippen molar-refractivity contribution in [2.75, 3.05) is 33.9 Å². The van der Waals surface area contributed by atoms with Crippen molar-refractivity contribution >= 4 is 29.9 Å². The van der Waals surface area contributed by atoms with Gasteiger partial charge in [-0.05, 0) is 56.2 Å². The van der Waals surface area contributed by atoms with Crippen molar-refractivity contribution in [2.24, 2.45) is 10.4 Å². The number of methoxy groups -OCH3 is 1. The number of nitrogens with zero attached hydrogens (tertiary/aromatic N) is 1. The molecule has 0 radical (unpaired) electrons. The molecule has 1 aromatic carbocycles. The van der Waals surface area contributed by atoms with Crippen LogP contribution in [0.5, 0.6) is 5.75 Å². The average molecular weight is 475 g/mol. The highest BCUT2D eigenvalue weighted by Crippen LogP contribution is 2.43. The molecule has 0 aromatic heterocycles. The van der Waals surface area contributed by atoms with Gasteiger partial charge in [0.2, 0.25) is 0 Å². The van der Waals surface area contributed by atoms with E-state index in [1.54, 1.807) is 7.11 Å². The molecule has 148 valence electrons. The van der Waals surface area contributed by atoms with Gasteiger partial charge in [0.1, 0.15) is 11.9 Å². The first-order chi connectivity index (χ1) is 12.1. The van der Waals surface area contributed by atoms with E-state index in [1.165, 1.54) is 24.8 Å². The highest BCUT2D eigenvalue weighted by molar-refractivity contribution is 14.0. The zero-order valence-corrected chi connectivity index (χ0v) is 18.8. The molecule has 0 aliphatic heterocycles. The summed E-state index contributed by atoms with van der Waals surface area (Å²) in [6.45, 7) is 6.62. The van der Waals surface area contributed by atoms with Crippen molar-refractivity contribution in [3.05, 3.63) is 29.8 Å². The molecular formula is C20H34IN3O2. The topological polar surface area (TPSA) is 54.9 Å².